The minimum Gasteiger partial charge on any atom is -0.272 e. The van der Waals surface area contributed by atoms with E-state index in [0.29, 0.717) is 6.04 Å². The number of nitrogens with one attached hydrogen (secondary N) is 1. The van der Waals surface area contributed by atoms with Crippen molar-refractivity contribution in [2.75, 3.05) is 0 Å². The van der Waals surface area contributed by atoms with Gasteiger partial charge in [-0.2, -0.15) is 5.10 Å². The van der Waals surface area contributed by atoms with Crippen LogP contribution in [0.15, 0.2) is 6.07 Å². The molecule has 1 atom stereocenters. The molecule has 0 fully saturated rings. The van der Waals surface area contributed by atoms with Gasteiger partial charge in [0, 0.05) is 25.2 Å². The standard InChI is InChI=1S/C13H26N4/c1-4-6-7-8-12(15-14)10-13-9-11(5-2)16-17(13)3/h9,12,15H,4-8,10,14H2,1-3H3. The number of unbranched alkanes of at least 4 members (excludes halogenated alkanes) is 2. The topological polar surface area (TPSA) is 55.9 Å². The smallest absolute Gasteiger partial charge is 0.0624 e. The average molecular weight is 238 g/mol. The van der Waals surface area contributed by atoms with Gasteiger partial charge in [0.1, 0.15) is 0 Å². The summed E-state index contributed by atoms with van der Waals surface area (Å²) < 4.78 is 1.98. The maximum atomic E-state index is 5.61. The van der Waals surface area contributed by atoms with Crippen LogP contribution in [0.5, 0.6) is 0 Å². The first-order valence-electron chi connectivity index (χ1n) is 6.69. The van der Waals surface area contributed by atoms with Crippen molar-refractivity contribution >= 4 is 0 Å². The molecule has 0 aromatic carbocycles. The minimum atomic E-state index is 0.363. The van der Waals surface area contributed by atoms with Gasteiger partial charge in [-0.25, -0.2) is 0 Å². The molecule has 0 aliphatic carbocycles. The van der Waals surface area contributed by atoms with Crippen molar-refractivity contribution in [1.29, 1.82) is 0 Å². The number of hydrogen-bond acceptors (Lipinski definition) is 3. The van der Waals surface area contributed by atoms with Gasteiger partial charge < -0.3 is 0 Å². The Bertz CT molecular complexity index is 319. The Morgan fingerprint density at radius 1 is 1.41 bits per heavy atom. The van der Waals surface area contributed by atoms with E-state index in [1.54, 1.807) is 0 Å². The summed E-state index contributed by atoms with van der Waals surface area (Å²) in [5, 5.41) is 4.46. The Kier molecular flexibility index (Phi) is 6.22. The highest BCUT2D eigenvalue weighted by molar-refractivity contribution is 5.11. The molecule has 98 valence electrons. The van der Waals surface area contributed by atoms with Crippen molar-refractivity contribution in [3.05, 3.63) is 17.5 Å². The third-order valence-electron chi connectivity index (χ3n) is 3.24. The molecule has 0 saturated heterocycles. The molecule has 0 bridgehead atoms. The van der Waals surface area contributed by atoms with E-state index >= 15 is 0 Å². The molecule has 4 heteroatoms. The van der Waals surface area contributed by atoms with Crippen LogP contribution in [-0.4, -0.2) is 15.8 Å². The van der Waals surface area contributed by atoms with Gasteiger partial charge in [-0.05, 0) is 18.9 Å². The van der Waals surface area contributed by atoms with Crippen LogP contribution in [0.25, 0.3) is 0 Å². The molecule has 1 aromatic rings. The molecule has 1 unspecified atom stereocenters. The summed E-state index contributed by atoms with van der Waals surface area (Å²) in [7, 11) is 2.01. The van der Waals surface area contributed by atoms with Crippen LogP contribution in [0.4, 0.5) is 0 Å². The van der Waals surface area contributed by atoms with Crippen molar-refractivity contribution in [2.45, 2.75) is 58.4 Å². The summed E-state index contributed by atoms with van der Waals surface area (Å²) in [6.07, 6.45) is 6.86. The van der Waals surface area contributed by atoms with E-state index in [9.17, 15) is 0 Å². The second kappa shape index (κ2) is 7.45. The summed E-state index contributed by atoms with van der Waals surface area (Å²) in [6.45, 7) is 4.35. The largest absolute Gasteiger partial charge is 0.272 e. The van der Waals surface area contributed by atoms with Gasteiger partial charge in [-0.3, -0.25) is 16.0 Å². The highest BCUT2D eigenvalue weighted by Crippen LogP contribution is 2.11. The van der Waals surface area contributed by atoms with E-state index in [1.165, 1.54) is 25.0 Å². The summed E-state index contributed by atoms with van der Waals surface area (Å²) in [5.41, 5.74) is 5.35. The number of rotatable bonds is 8. The van der Waals surface area contributed by atoms with Crippen LogP contribution in [0, 0.1) is 0 Å². The van der Waals surface area contributed by atoms with Crippen molar-refractivity contribution < 1.29 is 0 Å². The van der Waals surface area contributed by atoms with E-state index in [4.69, 9.17) is 5.84 Å². The highest BCUT2D eigenvalue weighted by Gasteiger charge is 2.11. The molecule has 0 saturated carbocycles. The van der Waals surface area contributed by atoms with Gasteiger partial charge in [0.2, 0.25) is 0 Å². The third kappa shape index (κ3) is 4.48. The second-order valence-electron chi connectivity index (χ2n) is 4.67. The van der Waals surface area contributed by atoms with E-state index in [2.05, 4.69) is 30.4 Å². The van der Waals surface area contributed by atoms with Crippen LogP contribution in [-0.2, 0) is 19.9 Å². The maximum absolute atomic E-state index is 5.61. The quantitative estimate of drug-likeness (QED) is 0.413. The Balaban J connectivity index is 2.51. The van der Waals surface area contributed by atoms with Crippen LogP contribution in [0.2, 0.25) is 0 Å². The lowest BCUT2D eigenvalue weighted by Gasteiger charge is -2.15. The van der Waals surface area contributed by atoms with Gasteiger partial charge in [0.25, 0.3) is 0 Å². The lowest BCUT2D eigenvalue weighted by atomic mass is 10.0. The number of nitrogens with two attached hydrogens (primary N) is 1. The molecule has 4 nitrogen and oxygen atoms in total. The maximum Gasteiger partial charge on any atom is 0.0624 e. The van der Waals surface area contributed by atoms with Crippen LogP contribution in [0.3, 0.4) is 0 Å². The van der Waals surface area contributed by atoms with Crippen LogP contribution < -0.4 is 11.3 Å². The monoisotopic (exact) mass is 238 g/mol. The first-order valence-corrected chi connectivity index (χ1v) is 6.69. The molecule has 1 rings (SSSR count). The second-order valence-corrected chi connectivity index (χ2v) is 4.67. The first kappa shape index (κ1) is 14.2. The zero-order valence-corrected chi connectivity index (χ0v) is 11.4. The number of nitrogens with zero attached hydrogens (tertiary/aromatic N) is 2. The summed E-state index contributed by atoms with van der Waals surface area (Å²) in [6, 6.07) is 2.55. The number of hydrazine groups is 1. The molecule has 0 radical (unpaired) electrons. The van der Waals surface area contributed by atoms with Gasteiger partial charge >= 0.3 is 0 Å². The molecule has 0 aliphatic rings. The molecular weight excluding hydrogens is 212 g/mol. The molecule has 3 N–H and O–H groups in total. The Morgan fingerprint density at radius 3 is 2.71 bits per heavy atom. The predicted octanol–water partition coefficient (Wildman–Crippen LogP) is 1.94. The fourth-order valence-electron chi connectivity index (χ4n) is 2.07. The zero-order valence-electron chi connectivity index (χ0n) is 11.4. The van der Waals surface area contributed by atoms with Gasteiger partial charge in [-0.15, -0.1) is 0 Å². The van der Waals surface area contributed by atoms with E-state index < -0.39 is 0 Å². The normalized spacial score (nSPS) is 12.9. The third-order valence-corrected chi connectivity index (χ3v) is 3.24. The zero-order chi connectivity index (χ0) is 12.7. The van der Waals surface area contributed by atoms with E-state index in [-0.39, 0.29) is 0 Å². The van der Waals surface area contributed by atoms with E-state index in [0.717, 1.165) is 25.0 Å². The summed E-state index contributed by atoms with van der Waals surface area (Å²) in [5.74, 6) is 5.61. The van der Waals surface area contributed by atoms with E-state index in [1.807, 2.05) is 11.7 Å². The molecule has 0 amide bonds. The first-order chi connectivity index (χ1) is 8.21. The van der Waals surface area contributed by atoms with Gasteiger partial charge in [-0.1, -0.05) is 33.1 Å². The molecular formula is C13H26N4. The number of hydrogen-bond donors (Lipinski definition) is 2. The van der Waals surface area contributed by atoms with Crippen molar-refractivity contribution in [2.24, 2.45) is 12.9 Å². The van der Waals surface area contributed by atoms with Crippen molar-refractivity contribution in [3.63, 3.8) is 0 Å². The number of aryl methyl sites for hydroxylation is 2. The SMILES string of the molecule is CCCCCC(Cc1cc(CC)nn1C)NN. The minimum absolute atomic E-state index is 0.363. The molecule has 0 spiro atoms. The Hall–Kier alpha value is -0.870. The highest BCUT2D eigenvalue weighted by atomic mass is 15.3. The van der Waals surface area contributed by atoms with Crippen LogP contribution in [0.1, 0.15) is 50.9 Å². The lowest BCUT2D eigenvalue weighted by Crippen LogP contribution is -2.37. The van der Waals surface area contributed by atoms with Gasteiger partial charge in [0.05, 0.1) is 5.69 Å². The molecule has 1 heterocycles. The van der Waals surface area contributed by atoms with Crippen LogP contribution >= 0.6 is 0 Å². The Labute approximate surface area is 105 Å². The van der Waals surface area contributed by atoms with Gasteiger partial charge in [0.15, 0.2) is 0 Å². The summed E-state index contributed by atoms with van der Waals surface area (Å²) >= 11 is 0. The molecule has 0 aliphatic heterocycles. The molecule has 1 aromatic heterocycles. The fourth-order valence-corrected chi connectivity index (χ4v) is 2.07. The average Bonchev–Trinajstić information content (AvgIpc) is 2.69. The summed E-state index contributed by atoms with van der Waals surface area (Å²) in [4.78, 5) is 0. The van der Waals surface area contributed by atoms with Crippen molar-refractivity contribution in [3.8, 4) is 0 Å². The van der Waals surface area contributed by atoms with Crippen molar-refractivity contribution in [1.82, 2.24) is 15.2 Å². The predicted molar refractivity (Wildman–Crippen MR) is 71.5 cm³/mol. The number of aromatic nitrogens is 2. The lowest BCUT2D eigenvalue weighted by molar-refractivity contribution is 0.456. The fraction of sp³-hybridized carbons (Fsp3) is 0.769. The molecule has 17 heavy (non-hydrogen) atoms. The Morgan fingerprint density at radius 2 is 2.18 bits per heavy atom.